The lowest BCUT2D eigenvalue weighted by molar-refractivity contribution is -0.0498. The van der Waals surface area contributed by atoms with Gasteiger partial charge in [-0.15, -0.1) is 0 Å². The van der Waals surface area contributed by atoms with Crippen molar-refractivity contribution in [3.05, 3.63) is 29.8 Å². The first-order valence-corrected chi connectivity index (χ1v) is 9.30. The number of alkyl halides is 2. The normalized spacial score (nSPS) is 29.3. The van der Waals surface area contributed by atoms with Crippen molar-refractivity contribution in [3.8, 4) is 5.75 Å². The van der Waals surface area contributed by atoms with Crippen LogP contribution < -0.4 is 4.74 Å². The van der Waals surface area contributed by atoms with Gasteiger partial charge in [0.2, 0.25) is 0 Å². The second-order valence-corrected chi connectivity index (χ2v) is 8.71. The Kier molecular flexibility index (Phi) is 4.40. The van der Waals surface area contributed by atoms with E-state index in [4.69, 9.17) is 0 Å². The Morgan fingerprint density at radius 1 is 1.17 bits per heavy atom. The maximum atomic E-state index is 12.6. The van der Waals surface area contributed by atoms with Gasteiger partial charge in [0.15, 0.2) is 15.6 Å². The van der Waals surface area contributed by atoms with E-state index in [1.54, 1.807) is 6.07 Å². The van der Waals surface area contributed by atoms with E-state index >= 15 is 0 Å². The minimum absolute atomic E-state index is 0.0607. The van der Waals surface area contributed by atoms with Crippen molar-refractivity contribution in [2.45, 2.75) is 49.2 Å². The number of ketones is 1. The van der Waals surface area contributed by atoms with Crippen LogP contribution in [0.3, 0.4) is 0 Å². The molecule has 2 aliphatic heterocycles. The molecule has 2 fully saturated rings. The van der Waals surface area contributed by atoms with Crippen LogP contribution in [0.4, 0.5) is 8.78 Å². The van der Waals surface area contributed by atoms with E-state index in [2.05, 4.69) is 4.74 Å². The molecule has 126 valence electrons. The maximum Gasteiger partial charge on any atom is 0.387 e. The van der Waals surface area contributed by atoms with Crippen molar-refractivity contribution >= 4 is 15.6 Å². The minimum Gasteiger partial charge on any atom is -0.435 e. The summed E-state index contributed by atoms with van der Waals surface area (Å²) in [4.78, 5) is 12.6. The number of fused-ring (bicyclic) bond motifs is 2. The van der Waals surface area contributed by atoms with Gasteiger partial charge >= 0.3 is 6.61 Å². The van der Waals surface area contributed by atoms with Crippen LogP contribution in [0.1, 0.15) is 42.5 Å². The Balaban J connectivity index is 1.79. The van der Waals surface area contributed by atoms with Gasteiger partial charge in [0, 0.05) is 11.5 Å². The van der Waals surface area contributed by atoms with Crippen LogP contribution in [0.5, 0.6) is 5.75 Å². The van der Waals surface area contributed by atoms with Crippen LogP contribution in [0.15, 0.2) is 24.3 Å². The van der Waals surface area contributed by atoms with Crippen LogP contribution in [0.25, 0.3) is 0 Å². The third kappa shape index (κ3) is 3.24. The molecular formula is C16H18F2O4S. The predicted molar refractivity (Wildman–Crippen MR) is 80.5 cm³/mol. The summed E-state index contributed by atoms with van der Waals surface area (Å²) in [6.07, 6.45) is 2.76. The summed E-state index contributed by atoms with van der Waals surface area (Å²) in [6, 6.07) is 5.71. The van der Waals surface area contributed by atoms with Gasteiger partial charge in [-0.05, 0) is 37.8 Å². The Labute approximate surface area is 133 Å². The summed E-state index contributed by atoms with van der Waals surface area (Å²) in [5, 5.41) is -0.881. The molecule has 1 aromatic rings. The molecule has 0 amide bonds. The average Bonchev–Trinajstić information content (AvgIpc) is 2.45. The van der Waals surface area contributed by atoms with E-state index in [1.807, 2.05) is 0 Å². The fourth-order valence-corrected chi connectivity index (χ4v) is 6.22. The number of carbonyl (C=O) groups excluding carboxylic acids is 1. The molecule has 3 rings (SSSR count). The summed E-state index contributed by atoms with van der Waals surface area (Å²) in [5.41, 5.74) is 0.297. The predicted octanol–water partition coefficient (Wildman–Crippen LogP) is 3.22. The molecule has 2 unspecified atom stereocenters. The largest absolute Gasteiger partial charge is 0.435 e. The van der Waals surface area contributed by atoms with Gasteiger partial charge in [-0.3, -0.25) is 4.79 Å². The molecule has 0 radical (unpaired) electrons. The van der Waals surface area contributed by atoms with Crippen molar-refractivity contribution in [2.75, 3.05) is 0 Å². The number of Topliss-reactive ketones (excluding diaryl/α,β-unsaturated/α-hetero) is 1. The van der Waals surface area contributed by atoms with Crippen molar-refractivity contribution in [1.82, 2.24) is 0 Å². The molecule has 7 heteroatoms. The van der Waals surface area contributed by atoms with Crippen LogP contribution in [-0.4, -0.2) is 31.3 Å². The van der Waals surface area contributed by atoms with E-state index in [0.717, 1.165) is 6.42 Å². The van der Waals surface area contributed by atoms with Crippen molar-refractivity contribution < 1.29 is 26.7 Å². The first kappa shape index (κ1) is 16.4. The van der Waals surface area contributed by atoms with Gasteiger partial charge < -0.3 is 4.74 Å². The summed E-state index contributed by atoms with van der Waals surface area (Å²) < 4.78 is 53.4. The first-order valence-electron chi connectivity index (χ1n) is 7.69. The fourth-order valence-electron chi connectivity index (χ4n) is 3.68. The highest BCUT2D eigenvalue weighted by Crippen LogP contribution is 2.40. The number of halogens is 2. The summed E-state index contributed by atoms with van der Waals surface area (Å²) in [6.45, 7) is -2.94. The molecule has 2 aliphatic rings. The molecule has 0 saturated carbocycles. The first-order chi connectivity index (χ1) is 10.9. The van der Waals surface area contributed by atoms with E-state index in [9.17, 15) is 22.0 Å². The quantitative estimate of drug-likeness (QED) is 0.787. The molecular weight excluding hydrogens is 326 g/mol. The molecule has 2 bridgehead atoms. The van der Waals surface area contributed by atoms with E-state index in [-0.39, 0.29) is 17.5 Å². The molecule has 1 aromatic carbocycles. The van der Waals surface area contributed by atoms with E-state index in [0.29, 0.717) is 31.2 Å². The Hall–Kier alpha value is -1.50. The Morgan fingerprint density at radius 2 is 1.83 bits per heavy atom. The molecule has 2 heterocycles. The molecule has 0 aromatic heterocycles. The SMILES string of the molecule is O=C(c1cccc(OC(F)F)c1)C1CC2CCCC(C1)S2(=O)=O. The molecule has 0 spiro atoms. The van der Waals surface area contributed by atoms with Crippen LogP contribution in [0.2, 0.25) is 0 Å². The van der Waals surface area contributed by atoms with Crippen LogP contribution >= 0.6 is 0 Å². The van der Waals surface area contributed by atoms with Crippen molar-refractivity contribution in [2.24, 2.45) is 5.92 Å². The molecule has 4 nitrogen and oxygen atoms in total. The molecule has 2 atom stereocenters. The third-order valence-electron chi connectivity index (χ3n) is 4.79. The molecule has 23 heavy (non-hydrogen) atoms. The topological polar surface area (TPSA) is 60.4 Å². The second-order valence-electron chi connectivity index (χ2n) is 6.20. The molecule has 0 aliphatic carbocycles. The maximum absolute atomic E-state index is 12.6. The zero-order valence-corrected chi connectivity index (χ0v) is 13.3. The minimum atomic E-state index is -3.11. The van der Waals surface area contributed by atoms with Crippen molar-refractivity contribution in [1.29, 1.82) is 0 Å². The molecule has 2 saturated heterocycles. The zero-order valence-electron chi connectivity index (χ0n) is 12.5. The van der Waals surface area contributed by atoms with Gasteiger partial charge in [0.05, 0.1) is 10.5 Å². The monoisotopic (exact) mass is 344 g/mol. The number of benzene rings is 1. The lowest BCUT2D eigenvalue weighted by Crippen LogP contribution is -2.45. The van der Waals surface area contributed by atoms with Gasteiger partial charge in [0.1, 0.15) is 5.75 Å². The number of carbonyl (C=O) groups is 1. The third-order valence-corrected chi connectivity index (χ3v) is 7.51. The van der Waals surface area contributed by atoms with Crippen LogP contribution in [0, 0.1) is 5.92 Å². The number of rotatable bonds is 4. The highest BCUT2D eigenvalue weighted by atomic mass is 32.2. The second kappa shape index (κ2) is 6.19. The van der Waals surface area contributed by atoms with Gasteiger partial charge in [-0.25, -0.2) is 8.42 Å². The molecule has 0 N–H and O–H groups in total. The number of ether oxygens (including phenoxy) is 1. The standard InChI is InChI=1S/C16H18F2O4S/c17-16(18)22-12-4-1-3-10(7-12)15(19)11-8-13-5-2-6-14(9-11)23(13,20)21/h1,3-4,7,11,13-14,16H,2,5-6,8-9H2. The number of hydrogen-bond donors (Lipinski definition) is 0. The lowest BCUT2D eigenvalue weighted by Gasteiger charge is -2.38. The van der Waals surface area contributed by atoms with Gasteiger partial charge in [-0.2, -0.15) is 8.78 Å². The summed E-state index contributed by atoms with van der Waals surface area (Å²) in [5.74, 6) is -0.610. The highest BCUT2D eigenvalue weighted by molar-refractivity contribution is 7.92. The Morgan fingerprint density at radius 3 is 2.43 bits per heavy atom. The average molecular weight is 344 g/mol. The highest BCUT2D eigenvalue weighted by Gasteiger charge is 2.46. The van der Waals surface area contributed by atoms with Crippen molar-refractivity contribution in [3.63, 3.8) is 0 Å². The lowest BCUT2D eigenvalue weighted by atomic mass is 9.84. The zero-order chi connectivity index (χ0) is 16.6. The Bertz CT molecular complexity index is 682. The fraction of sp³-hybridized carbons (Fsp3) is 0.562. The number of sulfone groups is 1. The van der Waals surface area contributed by atoms with E-state index < -0.39 is 26.9 Å². The van der Waals surface area contributed by atoms with Crippen LogP contribution in [-0.2, 0) is 9.84 Å². The smallest absolute Gasteiger partial charge is 0.387 e. The summed E-state index contributed by atoms with van der Waals surface area (Å²) >= 11 is 0. The summed E-state index contributed by atoms with van der Waals surface area (Å²) in [7, 11) is -3.11. The van der Waals surface area contributed by atoms with Gasteiger partial charge in [-0.1, -0.05) is 18.6 Å². The van der Waals surface area contributed by atoms with E-state index in [1.165, 1.54) is 18.2 Å². The number of hydrogen-bond acceptors (Lipinski definition) is 4. The van der Waals surface area contributed by atoms with Gasteiger partial charge in [0.25, 0.3) is 0 Å².